The lowest BCUT2D eigenvalue weighted by atomic mass is 9.98. The Morgan fingerprint density at radius 3 is 2.39 bits per heavy atom. The van der Waals surface area contributed by atoms with E-state index in [9.17, 15) is 0 Å². The van der Waals surface area contributed by atoms with Crippen molar-refractivity contribution >= 4 is 5.69 Å². The Morgan fingerprint density at radius 1 is 0.964 bits per heavy atom. The fraction of sp³-hybridized carbons (Fsp3) is 0.478. The standard InChI is InChI=1S/C23H30N2O3/c1-26-21-15-18-7-6-14-28-23(20(18)16-22(21)27-2)17-24-10-12-25(13-11-24)19-8-4-3-5-9-19/h3-5,8-9,15-16,23H,6-7,10-14,17H2,1-2H3. The summed E-state index contributed by atoms with van der Waals surface area (Å²) in [5, 5.41) is 0. The van der Waals surface area contributed by atoms with Crippen molar-refractivity contribution in [1.82, 2.24) is 4.90 Å². The summed E-state index contributed by atoms with van der Waals surface area (Å²) in [6.45, 7) is 5.93. The van der Waals surface area contributed by atoms with Crippen LogP contribution >= 0.6 is 0 Å². The van der Waals surface area contributed by atoms with Crippen LogP contribution in [0.2, 0.25) is 0 Å². The number of fused-ring (bicyclic) bond motifs is 1. The van der Waals surface area contributed by atoms with Crippen LogP contribution in [0.15, 0.2) is 42.5 Å². The van der Waals surface area contributed by atoms with Gasteiger partial charge in [0, 0.05) is 45.0 Å². The molecular formula is C23H30N2O3. The Morgan fingerprint density at radius 2 is 1.68 bits per heavy atom. The van der Waals surface area contributed by atoms with Gasteiger partial charge in [-0.2, -0.15) is 0 Å². The third-order valence-electron chi connectivity index (χ3n) is 5.82. The van der Waals surface area contributed by atoms with Crippen LogP contribution in [0.25, 0.3) is 0 Å². The van der Waals surface area contributed by atoms with E-state index in [4.69, 9.17) is 14.2 Å². The highest BCUT2D eigenvalue weighted by atomic mass is 16.5. The molecule has 2 aliphatic rings. The number of hydrogen-bond acceptors (Lipinski definition) is 5. The van der Waals surface area contributed by atoms with Crippen LogP contribution < -0.4 is 14.4 Å². The minimum atomic E-state index is 0.0839. The van der Waals surface area contributed by atoms with Crippen LogP contribution in [0.5, 0.6) is 11.5 Å². The molecule has 2 aromatic rings. The summed E-state index contributed by atoms with van der Waals surface area (Å²) in [4.78, 5) is 4.99. The van der Waals surface area contributed by atoms with Gasteiger partial charge in [-0.05, 0) is 48.2 Å². The highest BCUT2D eigenvalue weighted by Gasteiger charge is 2.26. The van der Waals surface area contributed by atoms with Crippen LogP contribution in [0.3, 0.4) is 0 Å². The van der Waals surface area contributed by atoms with Crippen molar-refractivity contribution in [3.05, 3.63) is 53.6 Å². The second kappa shape index (κ2) is 8.84. The number of anilines is 1. The average Bonchev–Trinajstić information content (AvgIpc) is 2.95. The first-order valence-corrected chi connectivity index (χ1v) is 10.2. The topological polar surface area (TPSA) is 34.2 Å². The summed E-state index contributed by atoms with van der Waals surface area (Å²) in [5.74, 6) is 1.59. The van der Waals surface area contributed by atoms with Crippen LogP contribution in [-0.4, -0.2) is 58.5 Å². The molecule has 0 N–H and O–H groups in total. The van der Waals surface area contributed by atoms with Crippen molar-refractivity contribution in [2.75, 3.05) is 58.5 Å². The van der Waals surface area contributed by atoms with Gasteiger partial charge in [-0.3, -0.25) is 4.90 Å². The molecule has 0 bridgehead atoms. The number of rotatable bonds is 5. The van der Waals surface area contributed by atoms with Crippen molar-refractivity contribution in [1.29, 1.82) is 0 Å². The van der Waals surface area contributed by atoms with E-state index in [1.54, 1.807) is 14.2 Å². The van der Waals surface area contributed by atoms with Crippen LogP contribution in [0, 0.1) is 0 Å². The van der Waals surface area contributed by atoms with E-state index in [1.165, 1.54) is 16.8 Å². The Bertz CT molecular complexity index is 773. The van der Waals surface area contributed by atoms with Gasteiger partial charge in [0.1, 0.15) is 0 Å². The quantitative estimate of drug-likeness (QED) is 0.790. The molecule has 2 aliphatic heterocycles. The van der Waals surface area contributed by atoms with E-state index in [2.05, 4.69) is 52.3 Å². The molecule has 2 heterocycles. The third-order valence-corrected chi connectivity index (χ3v) is 5.82. The minimum absolute atomic E-state index is 0.0839. The lowest BCUT2D eigenvalue weighted by Crippen LogP contribution is -2.47. The summed E-state index contributed by atoms with van der Waals surface area (Å²) in [6, 6.07) is 14.9. The number of aryl methyl sites for hydroxylation is 1. The molecule has 0 aliphatic carbocycles. The number of methoxy groups -OCH3 is 2. The molecule has 0 amide bonds. The van der Waals surface area contributed by atoms with Crippen molar-refractivity contribution in [3.8, 4) is 11.5 Å². The van der Waals surface area contributed by atoms with E-state index in [0.717, 1.165) is 63.7 Å². The fourth-order valence-corrected chi connectivity index (χ4v) is 4.24. The van der Waals surface area contributed by atoms with Crippen LogP contribution in [-0.2, 0) is 11.2 Å². The molecule has 1 saturated heterocycles. The molecule has 0 aromatic heterocycles. The smallest absolute Gasteiger partial charge is 0.161 e. The van der Waals surface area contributed by atoms with Crippen molar-refractivity contribution in [2.45, 2.75) is 18.9 Å². The first-order valence-electron chi connectivity index (χ1n) is 10.2. The van der Waals surface area contributed by atoms with Gasteiger partial charge in [-0.15, -0.1) is 0 Å². The second-order valence-corrected chi connectivity index (χ2v) is 7.49. The molecule has 150 valence electrons. The summed E-state index contributed by atoms with van der Waals surface area (Å²) >= 11 is 0. The first-order chi connectivity index (χ1) is 13.8. The van der Waals surface area contributed by atoms with Gasteiger partial charge in [0.15, 0.2) is 11.5 Å². The SMILES string of the molecule is COc1cc2c(cc1OC)C(CN1CCN(c3ccccc3)CC1)OCCC2. The zero-order valence-electron chi connectivity index (χ0n) is 16.9. The van der Waals surface area contributed by atoms with Gasteiger partial charge in [-0.25, -0.2) is 0 Å². The van der Waals surface area contributed by atoms with Gasteiger partial charge in [0.25, 0.3) is 0 Å². The molecule has 2 aromatic carbocycles. The summed E-state index contributed by atoms with van der Waals surface area (Å²) in [7, 11) is 3.39. The molecule has 5 heteroatoms. The predicted octanol–water partition coefficient (Wildman–Crippen LogP) is 3.53. The maximum atomic E-state index is 6.27. The minimum Gasteiger partial charge on any atom is -0.493 e. The highest BCUT2D eigenvalue weighted by Crippen LogP contribution is 2.37. The van der Waals surface area contributed by atoms with Crippen molar-refractivity contribution < 1.29 is 14.2 Å². The molecule has 1 atom stereocenters. The Hall–Kier alpha value is -2.24. The van der Waals surface area contributed by atoms with Crippen LogP contribution in [0.1, 0.15) is 23.7 Å². The van der Waals surface area contributed by atoms with E-state index >= 15 is 0 Å². The second-order valence-electron chi connectivity index (χ2n) is 7.49. The van der Waals surface area contributed by atoms with Crippen molar-refractivity contribution in [3.63, 3.8) is 0 Å². The van der Waals surface area contributed by atoms with Gasteiger partial charge in [-0.1, -0.05) is 18.2 Å². The lowest BCUT2D eigenvalue weighted by molar-refractivity contribution is 0.0268. The maximum Gasteiger partial charge on any atom is 0.161 e. The first kappa shape index (κ1) is 19.1. The summed E-state index contributed by atoms with van der Waals surface area (Å²) < 4.78 is 17.3. The summed E-state index contributed by atoms with van der Waals surface area (Å²) in [6.07, 6.45) is 2.15. The number of piperazine rings is 1. The highest BCUT2D eigenvalue weighted by molar-refractivity contribution is 5.49. The number of para-hydroxylation sites is 1. The van der Waals surface area contributed by atoms with Crippen molar-refractivity contribution in [2.24, 2.45) is 0 Å². The maximum absolute atomic E-state index is 6.27. The monoisotopic (exact) mass is 382 g/mol. The van der Waals surface area contributed by atoms with Gasteiger partial charge >= 0.3 is 0 Å². The molecule has 0 radical (unpaired) electrons. The van der Waals surface area contributed by atoms with E-state index in [0.29, 0.717) is 0 Å². The number of hydrogen-bond donors (Lipinski definition) is 0. The van der Waals surface area contributed by atoms with E-state index in [-0.39, 0.29) is 6.10 Å². The lowest BCUT2D eigenvalue weighted by Gasteiger charge is -2.37. The number of ether oxygens (including phenoxy) is 3. The number of nitrogens with zero attached hydrogens (tertiary/aromatic N) is 2. The Kier molecular flexibility index (Phi) is 6.03. The van der Waals surface area contributed by atoms with E-state index < -0.39 is 0 Å². The Balaban J connectivity index is 1.46. The predicted molar refractivity (Wildman–Crippen MR) is 112 cm³/mol. The molecule has 1 unspecified atom stereocenters. The fourth-order valence-electron chi connectivity index (χ4n) is 4.24. The molecular weight excluding hydrogens is 352 g/mol. The molecule has 5 nitrogen and oxygen atoms in total. The van der Waals surface area contributed by atoms with Gasteiger partial charge in [0.2, 0.25) is 0 Å². The zero-order valence-corrected chi connectivity index (χ0v) is 16.9. The molecule has 0 spiro atoms. The molecule has 1 fully saturated rings. The molecule has 0 saturated carbocycles. The van der Waals surface area contributed by atoms with Gasteiger partial charge < -0.3 is 19.1 Å². The van der Waals surface area contributed by atoms with E-state index in [1.807, 2.05) is 0 Å². The largest absolute Gasteiger partial charge is 0.493 e. The third kappa shape index (κ3) is 4.10. The number of benzene rings is 2. The normalized spacial score (nSPS) is 20.4. The zero-order chi connectivity index (χ0) is 19.3. The summed E-state index contributed by atoms with van der Waals surface area (Å²) in [5.41, 5.74) is 3.89. The molecule has 28 heavy (non-hydrogen) atoms. The average molecular weight is 383 g/mol. The Labute approximate surface area is 167 Å². The van der Waals surface area contributed by atoms with Gasteiger partial charge in [0.05, 0.1) is 20.3 Å². The molecule has 4 rings (SSSR count). The van der Waals surface area contributed by atoms with Crippen LogP contribution in [0.4, 0.5) is 5.69 Å².